The molecule has 132 valence electrons. The van der Waals surface area contributed by atoms with Crippen LogP contribution in [0.25, 0.3) is 0 Å². The quantitative estimate of drug-likeness (QED) is 0.0826. The molecule has 0 aliphatic carbocycles. The fraction of sp³-hybridized carbons (Fsp3) is 0. The van der Waals surface area contributed by atoms with Gasteiger partial charge in [-0.2, -0.15) is 0 Å². The number of Topliss-reactive ketones (excluding diaryl/α,β-unsaturated/α-hetero) is 8. The Kier molecular flexibility index (Phi) is 9.65. The molecule has 0 aromatic carbocycles. The van der Waals surface area contributed by atoms with E-state index < -0.39 is 68.9 Å². The summed E-state index contributed by atoms with van der Waals surface area (Å²) in [5.74, 6) is -22.8. The predicted octanol–water partition coefficient (Wildman–Crippen LogP) is -8.25. The van der Waals surface area contributed by atoms with E-state index in [2.05, 4.69) is 4.18 Å². The minimum absolute atomic E-state index is 0. The second kappa shape index (κ2) is 9.78. The number of carbonyl (C=O) groups is 10. The average Bonchev–Trinajstić information content (AvgIpc) is 2.54. The number of ketones is 8. The summed E-state index contributed by atoms with van der Waals surface area (Å²) in [6.07, 6.45) is -0.701. The zero-order valence-electron chi connectivity index (χ0n) is 12.2. The molecule has 0 spiro atoms. The van der Waals surface area contributed by atoms with Gasteiger partial charge in [-0.25, -0.2) is 13.2 Å². The summed E-state index contributed by atoms with van der Waals surface area (Å²) >= 11 is 0. The van der Waals surface area contributed by atoms with Gasteiger partial charge in [0, 0.05) is 0 Å². The van der Waals surface area contributed by atoms with E-state index in [0.29, 0.717) is 0 Å². The normalized spacial score (nSPS) is 9.73. The molecule has 14 nitrogen and oxygen atoms in total. The van der Waals surface area contributed by atoms with Crippen LogP contribution in [0.5, 0.6) is 0 Å². The zero-order valence-corrected chi connectivity index (χ0v) is 15.0. The summed E-state index contributed by atoms with van der Waals surface area (Å²) in [6.45, 7) is 0. The van der Waals surface area contributed by atoms with E-state index in [-0.39, 0.29) is 29.6 Å². The Morgan fingerprint density at radius 2 is 0.962 bits per heavy atom. The number of rotatable bonds is 10. The van der Waals surface area contributed by atoms with Gasteiger partial charge in [-0.3, -0.25) is 43.2 Å². The van der Waals surface area contributed by atoms with E-state index in [9.17, 15) is 60.9 Å². The van der Waals surface area contributed by atoms with Gasteiger partial charge >= 0.3 is 41.3 Å². The van der Waals surface area contributed by atoms with Crippen molar-refractivity contribution in [3.05, 3.63) is 0 Å². The molecule has 26 heavy (non-hydrogen) atoms. The Morgan fingerprint density at radius 3 is 1.27 bits per heavy atom. The van der Waals surface area contributed by atoms with Crippen LogP contribution in [0, 0.1) is 0 Å². The van der Waals surface area contributed by atoms with Gasteiger partial charge in [-0.1, -0.05) is 0 Å². The Bertz CT molecular complexity index is 875. The first-order chi connectivity index (χ1) is 11.2. The summed E-state index contributed by atoms with van der Waals surface area (Å²) < 4.78 is 33.0. The SMILES string of the molecule is O=CC(=O)C(=O)C(=O)C(=O)C(=O)C(=O)C(=O)C(=O)C(=O)OS(=O)(=O)[O-].[Na+]. The first-order valence-electron chi connectivity index (χ1n) is 5.23. The van der Waals surface area contributed by atoms with Crippen molar-refractivity contribution in [3.8, 4) is 0 Å². The van der Waals surface area contributed by atoms with E-state index in [4.69, 9.17) is 0 Å². The third kappa shape index (κ3) is 6.73. The van der Waals surface area contributed by atoms with E-state index in [1.807, 2.05) is 0 Å². The Labute approximate surface area is 163 Å². The monoisotopic (exact) mass is 400 g/mol. The molecule has 0 amide bonds. The fourth-order valence-corrected chi connectivity index (χ4v) is 1.17. The molecule has 0 heterocycles. The summed E-state index contributed by atoms with van der Waals surface area (Å²) in [7, 11) is -5.81. The minimum Gasteiger partial charge on any atom is -0.716 e. The molecule has 0 saturated heterocycles. The second-order valence-corrected chi connectivity index (χ2v) is 4.55. The molecule has 0 saturated carbocycles. The third-order valence-corrected chi connectivity index (χ3v) is 2.29. The third-order valence-electron chi connectivity index (χ3n) is 1.93. The predicted molar refractivity (Wildman–Crippen MR) is 61.9 cm³/mol. The Balaban J connectivity index is 0. The van der Waals surface area contributed by atoms with Crippen LogP contribution in [0.4, 0.5) is 0 Å². The minimum atomic E-state index is -5.81. The van der Waals surface area contributed by atoms with Gasteiger partial charge in [-0.05, 0) is 0 Å². The smallest absolute Gasteiger partial charge is 0.716 e. The molecule has 0 aromatic rings. The van der Waals surface area contributed by atoms with Gasteiger partial charge in [-0.15, -0.1) is 0 Å². The van der Waals surface area contributed by atoms with E-state index in [1.165, 1.54) is 0 Å². The molecule has 0 N–H and O–H groups in total. The van der Waals surface area contributed by atoms with Gasteiger partial charge in [0.2, 0.25) is 0 Å². The van der Waals surface area contributed by atoms with Gasteiger partial charge in [0.15, 0.2) is 6.29 Å². The van der Waals surface area contributed by atoms with Gasteiger partial charge in [0.1, 0.15) is 0 Å². The van der Waals surface area contributed by atoms with E-state index in [1.54, 1.807) is 0 Å². The first kappa shape index (κ1) is 25.6. The Morgan fingerprint density at radius 1 is 0.654 bits per heavy atom. The van der Waals surface area contributed by atoms with Crippen molar-refractivity contribution in [3.63, 3.8) is 0 Å². The maximum atomic E-state index is 11.2. The van der Waals surface area contributed by atoms with Crippen LogP contribution in [-0.4, -0.2) is 71.5 Å². The van der Waals surface area contributed by atoms with Crippen molar-refractivity contribution in [2.75, 3.05) is 0 Å². The topological polar surface area (TPSA) is 237 Å². The van der Waals surface area contributed by atoms with Crippen LogP contribution in [0.3, 0.4) is 0 Å². The van der Waals surface area contributed by atoms with Crippen LogP contribution >= 0.6 is 0 Å². The van der Waals surface area contributed by atoms with Crippen molar-refractivity contribution >= 4 is 68.9 Å². The number of hydrogen-bond donors (Lipinski definition) is 0. The van der Waals surface area contributed by atoms with Crippen LogP contribution in [-0.2, 0) is 62.5 Å². The average molecular weight is 400 g/mol. The standard InChI is InChI=1S/C10H2O14S.Na/c11-1-2(12)3(13)4(14)5(15)6(16)7(17)8(18)9(19)10(20)24-25(21,22)23;/h1H,(H,21,22,23);/q;+1/p-1. The molecule has 0 radical (unpaired) electrons. The molecule has 0 unspecified atom stereocenters. The largest absolute Gasteiger partial charge is 1.00 e. The second-order valence-electron chi connectivity index (χ2n) is 3.57. The summed E-state index contributed by atoms with van der Waals surface area (Å²) in [4.78, 5) is 109. The van der Waals surface area contributed by atoms with Crippen molar-refractivity contribution in [2.45, 2.75) is 0 Å². The van der Waals surface area contributed by atoms with Crippen molar-refractivity contribution in [2.24, 2.45) is 0 Å². The number of carbonyl (C=O) groups excluding carboxylic acids is 10. The van der Waals surface area contributed by atoms with Gasteiger partial charge < -0.3 is 8.74 Å². The molecule has 16 heteroatoms. The van der Waals surface area contributed by atoms with Crippen molar-refractivity contribution < 1.29 is 94.7 Å². The summed E-state index contributed by atoms with van der Waals surface area (Å²) in [5, 5.41) is 0. The maximum Gasteiger partial charge on any atom is 1.00 e. The van der Waals surface area contributed by atoms with E-state index in [0.717, 1.165) is 0 Å². The molecule has 0 atom stereocenters. The Hall–Kier alpha value is -2.59. The van der Waals surface area contributed by atoms with Gasteiger partial charge in [0.05, 0.1) is 0 Å². The van der Waals surface area contributed by atoms with Crippen LogP contribution in [0.2, 0.25) is 0 Å². The van der Waals surface area contributed by atoms with Crippen LogP contribution in [0.1, 0.15) is 0 Å². The summed E-state index contributed by atoms with van der Waals surface area (Å²) in [5.41, 5.74) is 0. The summed E-state index contributed by atoms with van der Waals surface area (Å²) in [6, 6.07) is 0. The number of aldehydes is 1. The molecule has 0 rings (SSSR count). The van der Waals surface area contributed by atoms with Gasteiger partial charge in [0.25, 0.3) is 50.9 Å². The molecule has 0 bridgehead atoms. The molecular weight excluding hydrogens is 399 g/mol. The fourth-order valence-electron chi connectivity index (χ4n) is 0.904. The number of hydrogen-bond acceptors (Lipinski definition) is 14. The zero-order chi connectivity index (χ0) is 20.1. The van der Waals surface area contributed by atoms with Crippen molar-refractivity contribution in [1.29, 1.82) is 0 Å². The van der Waals surface area contributed by atoms with Crippen LogP contribution < -0.4 is 29.6 Å². The molecule has 0 aliphatic heterocycles. The van der Waals surface area contributed by atoms with E-state index >= 15 is 0 Å². The maximum absolute atomic E-state index is 11.2. The van der Waals surface area contributed by atoms with Crippen LogP contribution in [0.15, 0.2) is 0 Å². The van der Waals surface area contributed by atoms with Crippen molar-refractivity contribution in [1.82, 2.24) is 0 Å². The molecular formula is C10HNaO14S. The first-order valence-corrected chi connectivity index (χ1v) is 6.57. The molecule has 0 aliphatic rings. The molecule has 0 fully saturated rings. The molecule has 0 aromatic heterocycles.